The summed E-state index contributed by atoms with van der Waals surface area (Å²) in [7, 11) is 3.53. The van der Waals surface area contributed by atoms with Gasteiger partial charge in [-0.2, -0.15) is 5.10 Å². The molecule has 0 bridgehead atoms. The lowest BCUT2D eigenvalue weighted by Crippen LogP contribution is -2.27. The SMILES string of the molecule is CN(C)CC(=O)Nc1cnc(-c2cc(C(N)=CC=O)n(Cc3ccccc3F)n2)nc1N. The molecule has 5 N–H and O–H groups in total. The Bertz CT molecular complexity index is 1170. The minimum Gasteiger partial charge on any atom is -0.397 e. The van der Waals surface area contributed by atoms with Crippen molar-refractivity contribution in [2.75, 3.05) is 31.7 Å². The molecule has 0 aliphatic heterocycles. The van der Waals surface area contributed by atoms with E-state index in [0.29, 0.717) is 23.2 Å². The van der Waals surface area contributed by atoms with E-state index in [4.69, 9.17) is 11.5 Å². The first-order valence-electron chi connectivity index (χ1n) is 9.58. The van der Waals surface area contributed by atoms with Crippen molar-refractivity contribution < 1.29 is 14.0 Å². The minimum atomic E-state index is -0.397. The lowest BCUT2D eigenvalue weighted by Gasteiger charge is -2.11. The molecule has 11 heteroatoms. The van der Waals surface area contributed by atoms with Gasteiger partial charge in [0, 0.05) is 11.6 Å². The maximum atomic E-state index is 14.1. The van der Waals surface area contributed by atoms with Crippen LogP contribution in [-0.4, -0.2) is 57.5 Å². The van der Waals surface area contributed by atoms with Gasteiger partial charge < -0.3 is 21.7 Å². The van der Waals surface area contributed by atoms with Crippen LogP contribution in [0.4, 0.5) is 15.9 Å². The van der Waals surface area contributed by atoms with Crippen LogP contribution in [0.1, 0.15) is 11.3 Å². The normalized spacial score (nSPS) is 11.6. The Morgan fingerprint density at radius 3 is 2.72 bits per heavy atom. The molecule has 0 fully saturated rings. The molecule has 2 aromatic heterocycles. The second-order valence-corrected chi connectivity index (χ2v) is 7.20. The van der Waals surface area contributed by atoms with Gasteiger partial charge in [-0.1, -0.05) is 18.2 Å². The summed E-state index contributed by atoms with van der Waals surface area (Å²) < 4.78 is 15.6. The number of allylic oxidation sites excluding steroid dienone is 1. The van der Waals surface area contributed by atoms with Gasteiger partial charge in [0.2, 0.25) is 5.91 Å². The maximum absolute atomic E-state index is 14.1. The number of anilines is 2. The van der Waals surface area contributed by atoms with E-state index in [1.807, 2.05) is 0 Å². The third-order valence-corrected chi connectivity index (χ3v) is 4.38. The van der Waals surface area contributed by atoms with E-state index < -0.39 is 5.82 Å². The molecule has 0 saturated heterocycles. The molecular weight excluding hydrogens is 415 g/mol. The van der Waals surface area contributed by atoms with Gasteiger partial charge in [-0.05, 0) is 26.2 Å². The minimum absolute atomic E-state index is 0.0590. The van der Waals surface area contributed by atoms with Gasteiger partial charge in [-0.15, -0.1) is 0 Å². The molecule has 1 amide bonds. The number of carbonyl (C=O) groups is 2. The van der Waals surface area contributed by atoms with Crippen molar-refractivity contribution in [3.8, 4) is 11.5 Å². The Balaban J connectivity index is 1.95. The number of rotatable bonds is 8. The number of nitrogens with two attached hydrogens (primary N) is 2. The van der Waals surface area contributed by atoms with E-state index in [-0.39, 0.29) is 42.0 Å². The third kappa shape index (κ3) is 5.32. The van der Waals surface area contributed by atoms with Crippen LogP contribution in [0.3, 0.4) is 0 Å². The third-order valence-electron chi connectivity index (χ3n) is 4.38. The fourth-order valence-corrected chi connectivity index (χ4v) is 2.92. The number of benzene rings is 1. The molecule has 0 aliphatic rings. The first-order chi connectivity index (χ1) is 15.3. The topological polar surface area (TPSA) is 145 Å². The number of aldehydes is 1. The van der Waals surface area contributed by atoms with E-state index in [9.17, 15) is 14.0 Å². The standard InChI is InChI=1S/C21H23FN8O2/c1-29(2)12-19(32)26-17-10-25-21(27-20(17)24)16-9-18(15(23)7-8-31)30(28-16)11-13-5-3-4-6-14(13)22/h3-10H,11-12,23H2,1-2H3,(H,26,32)(H2,24,25,27). The Hall–Kier alpha value is -4.12. The predicted octanol–water partition coefficient (Wildman–Crippen LogP) is 1.11. The molecular formula is C21H23FN8O2. The lowest BCUT2D eigenvalue weighted by atomic mass is 10.2. The molecule has 2 heterocycles. The van der Waals surface area contributed by atoms with Gasteiger partial charge in [-0.25, -0.2) is 14.4 Å². The summed E-state index contributed by atoms with van der Waals surface area (Å²) in [6.45, 7) is 0.247. The fourth-order valence-electron chi connectivity index (χ4n) is 2.92. The summed E-state index contributed by atoms with van der Waals surface area (Å²) in [6, 6.07) is 7.84. The van der Waals surface area contributed by atoms with Gasteiger partial charge in [0.25, 0.3) is 0 Å². The largest absolute Gasteiger partial charge is 0.397 e. The van der Waals surface area contributed by atoms with Crippen LogP contribution in [0, 0.1) is 5.82 Å². The quantitative estimate of drug-likeness (QED) is 0.350. The summed E-state index contributed by atoms with van der Waals surface area (Å²) in [5.41, 5.74) is 13.5. The molecule has 166 valence electrons. The highest BCUT2D eigenvalue weighted by Crippen LogP contribution is 2.23. The number of likely N-dealkylation sites (N-methyl/N-ethyl adjacent to an activating group) is 1. The predicted molar refractivity (Wildman–Crippen MR) is 119 cm³/mol. The van der Waals surface area contributed by atoms with Gasteiger partial charge in [0.15, 0.2) is 11.6 Å². The summed E-state index contributed by atoms with van der Waals surface area (Å²) in [5.74, 6) is -0.419. The molecule has 0 saturated carbocycles. The smallest absolute Gasteiger partial charge is 0.238 e. The summed E-state index contributed by atoms with van der Waals surface area (Å²) in [4.78, 5) is 33.0. The van der Waals surface area contributed by atoms with E-state index in [1.54, 1.807) is 43.3 Å². The van der Waals surface area contributed by atoms with Crippen molar-refractivity contribution in [1.29, 1.82) is 0 Å². The Morgan fingerprint density at radius 1 is 1.31 bits per heavy atom. The number of nitrogen functional groups attached to an aromatic ring is 1. The highest BCUT2D eigenvalue weighted by Gasteiger charge is 2.17. The Labute approximate surface area is 183 Å². The molecule has 0 unspecified atom stereocenters. The van der Waals surface area contributed by atoms with E-state index >= 15 is 0 Å². The van der Waals surface area contributed by atoms with Crippen molar-refractivity contribution in [3.05, 3.63) is 59.7 Å². The van der Waals surface area contributed by atoms with E-state index in [2.05, 4.69) is 20.4 Å². The fraction of sp³-hybridized carbons (Fsp3) is 0.190. The molecule has 0 spiro atoms. The van der Waals surface area contributed by atoms with Crippen molar-refractivity contribution in [3.63, 3.8) is 0 Å². The van der Waals surface area contributed by atoms with Crippen LogP contribution in [0.25, 0.3) is 17.2 Å². The van der Waals surface area contributed by atoms with Crippen molar-refractivity contribution in [2.45, 2.75) is 6.54 Å². The number of amides is 1. The average Bonchev–Trinajstić information content (AvgIpc) is 3.15. The Kier molecular flexibility index (Phi) is 6.90. The van der Waals surface area contributed by atoms with E-state index in [1.165, 1.54) is 23.0 Å². The summed E-state index contributed by atoms with van der Waals surface area (Å²) in [5, 5.41) is 7.07. The number of nitrogens with zero attached hydrogens (tertiary/aromatic N) is 5. The second-order valence-electron chi connectivity index (χ2n) is 7.20. The van der Waals surface area contributed by atoms with Crippen molar-refractivity contribution >= 4 is 29.4 Å². The molecule has 0 atom stereocenters. The molecule has 3 rings (SSSR count). The highest BCUT2D eigenvalue weighted by molar-refractivity contribution is 5.94. The number of hydrogen-bond acceptors (Lipinski definition) is 8. The van der Waals surface area contributed by atoms with Crippen LogP contribution in [-0.2, 0) is 16.1 Å². The zero-order chi connectivity index (χ0) is 23.3. The van der Waals surface area contributed by atoms with Crippen LogP contribution < -0.4 is 16.8 Å². The Morgan fingerprint density at radius 2 is 2.06 bits per heavy atom. The van der Waals surface area contributed by atoms with Crippen LogP contribution in [0.15, 0.2) is 42.6 Å². The lowest BCUT2D eigenvalue weighted by molar-refractivity contribution is -0.116. The van der Waals surface area contributed by atoms with Gasteiger partial charge >= 0.3 is 0 Å². The van der Waals surface area contributed by atoms with Crippen LogP contribution in [0.2, 0.25) is 0 Å². The van der Waals surface area contributed by atoms with Gasteiger partial charge in [-0.3, -0.25) is 14.3 Å². The zero-order valence-electron chi connectivity index (χ0n) is 17.6. The first-order valence-corrected chi connectivity index (χ1v) is 9.58. The van der Waals surface area contributed by atoms with Crippen molar-refractivity contribution in [1.82, 2.24) is 24.6 Å². The number of halogens is 1. The molecule has 3 aromatic rings. The molecule has 0 radical (unpaired) electrons. The molecule has 1 aromatic carbocycles. The van der Waals surface area contributed by atoms with Crippen molar-refractivity contribution in [2.24, 2.45) is 5.73 Å². The van der Waals surface area contributed by atoms with Crippen LogP contribution >= 0.6 is 0 Å². The molecule has 10 nitrogen and oxygen atoms in total. The first kappa shape index (κ1) is 22.6. The summed E-state index contributed by atoms with van der Waals surface area (Å²) in [6.07, 6.45) is 3.11. The zero-order valence-corrected chi connectivity index (χ0v) is 17.6. The van der Waals surface area contributed by atoms with E-state index in [0.717, 1.165) is 0 Å². The highest BCUT2D eigenvalue weighted by atomic mass is 19.1. The molecule has 32 heavy (non-hydrogen) atoms. The number of carbonyl (C=O) groups excluding carboxylic acids is 2. The average molecular weight is 438 g/mol. The van der Waals surface area contributed by atoms with Crippen LogP contribution in [0.5, 0.6) is 0 Å². The maximum Gasteiger partial charge on any atom is 0.238 e. The second kappa shape index (κ2) is 9.79. The number of nitrogens with one attached hydrogen (secondary N) is 1. The number of aromatic nitrogens is 4. The number of hydrogen-bond donors (Lipinski definition) is 3. The summed E-state index contributed by atoms with van der Waals surface area (Å²) >= 11 is 0. The van der Waals surface area contributed by atoms with Gasteiger partial charge in [0.05, 0.1) is 30.7 Å². The monoisotopic (exact) mass is 438 g/mol. The van der Waals surface area contributed by atoms with Gasteiger partial charge in [0.1, 0.15) is 23.5 Å². The molecule has 0 aliphatic carbocycles.